The third-order valence-corrected chi connectivity index (χ3v) is 6.13. The number of carbonyl (C=O) groups excluding carboxylic acids is 3. The van der Waals surface area contributed by atoms with E-state index in [1.807, 2.05) is 53.2 Å². The molecule has 2 aliphatic rings. The number of aromatic nitrogens is 1. The van der Waals surface area contributed by atoms with Crippen molar-refractivity contribution in [2.45, 2.75) is 25.7 Å². The summed E-state index contributed by atoms with van der Waals surface area (Å²) in [7, 11) is 0. The van der Waals surface area contributed by atoms with E-state index in [1.54, 1.807) is 11.0 Å². The number of nitrogens with zero attached hydrogens (tertiary/aromatic N) is 3. The minimum atomic E-state index is -0.399. The number of hydrogen-bond donors (Lipinski definition) is 0. The molecular formula is C22H23N3O3S. The van der Waals surface area contributed by atoms with E-state index in [4.69, 9.17) is 0 Å². The first-order chi connectivity index (χ1) is 14.1. The lowest BCUT2D eigenvalue weighted by Crippen LogP contribution is -2.42. The van der Waals surface area contributed by atoms with Crippen LogP contribution in [0.15, 0.2) is 53.6 Å². The first-order valence-electron chi connectivity index (χ1n) is 9.89. The molecule has 7 heteroatoms. The van der Waals surface area contributed by atoms with Gasteiger partial charge in [0.25, 0.3) is 11.1 Å². The van der Waals surface area contributed by atoms with Crippen molar-refractivity contribution in [2.75, 3.05) is 19.6 Å². The SMILES string of the molecule is O=C(CN1C(=O)S/C(=C\c2cccn2-c2ccccc2)C1=O)N1CCCCCC1. The van der Waals surface area contributed by atoms with E-state index in [0.29, 0.717) is 18.0 Å². The summed E-state index contributed by atoms with van der Waals surface area (Å²) in [6.07, 6.45) is 7.82. The number of imide groups is 1. The Morgan fingerprint density at radius 2 is 1.69 bits per heavy atom. The molecule has 1 aromatic carbocycles. The molecule has 0 aliphatic carbocycles. The van der Waals surface area contributed by atoms with Crippen LogP contribution in [0.4, 0.5) is 4.79 Å². The summed E-state index contributed by atoms with van der Waals surface area (Å²) in [4.78, 5) is 41.0. The van der Waals surface area contributed by atoms with Crippen LogP contribution in [-0.4, -0.2) is 51.1 Å². The van der Waals surface area contributed by atoms with Crippen LogP contribution in [0.25, 0.3) is 11.8 Å². The van der Waals surface area contributed by atoms with Gasteiger partial charge in [-0.3, -0.25) is 19.3 Å². The lowest BCUT2D eigenvalue weighted by molar-refractivity contribution is -0.135. The van der Waals surface area contributed by atoms with Gasteiger partial charge in [0.15, 0.2) is 0 Å². The Hall–Kier alpha value is -2.80. The second kappa shape index (κ2) is 8.69. The van der Waals surface area contributed by atoms with Gasteiger partial charge in [-0.1, -0.05) is 31.0 Å². The molecule has 0 unspecified atom stereocenters. The number of thioether (sulfide) groups is 1. The molecule has 0 N–H and O–H groups in total. The van der Waals surface area contributed by atoms with Gasteiger partial charge >= 0.3 is 0 Å². The van der Waals surface area contributed by atoms with Gasteiger partial charge in [-0.25, -0.2) is 0 Å². The van der Waals surface area contributed by atoms with Crippen molar-refractivity contribution in [3.05, 3.63) is 59.3 Å². The van der Waals surface area contributed by atoms with E-state index in [0.717, 1.165) is 53.7 Å². The van der Waals surface area contributed by atoms with E-state index >= 15 is 0 Å². The standard InChI is InChI=1S/C22H23N3O3S/c26-20(23-12-6-1-2-7-13-23)16-25-21(27)19(29-22(25)28)15-18-11-8-14-24(18)17-9-4-3-5-10-17/h3-5,8-11,14-15H,1-2,6-7,12-13,16H2/b19-15-. The summed E-state index contributed by atoms with van der Waals surface area (Å²) in [6, 6.07) is 13.6. The lowest BCUT2D eigenvalue weighted by Gasteiger charge is -2.22. The van der Waals surface area contributed by atoms with Crippen LogP contribution in [0.5, 0.6) is 0 Å². The number of amides is 3. The molecule has 2 aromatic rings. The zero-order valence-corrected chi connectivity index (χ0v) is 16.9. The number of para-hydroxylation sites is 1. The predicted octanol–water partition coefficient (Wildman–Crippen LogP) is 3.92. The van der Waals surface area contributed by atoms with Crippen LogP contribution in [-0.2, 0) is 9.59 Å². The summed E-state index contributed by atoms with van der Waals surface area (Å²) < 4.78 is 1.95. The summed E-state index contributed by atoms with van der Waals surface area (Å²) in [5.41, 5.74) is 1.78. The monoisotopic (exact) mass is 409 g/mol. The molecule has 3 amide bonds. The predicted molar refractivity (Wildman–Crippen MR) is 113 cm³/mol. The number of likely N-dealkylation sites (tertiary alicyclic amines) is 1. The molecule has 3 heterocycles. The molecule has 0 radical (unpaired) electrons. The molecule has 29 heavy (non-hydrogen) atoms. The van der Waals surface area contributed by atoms with E-state index in [9.17, 15) is 14.4 Å². The molecule has 2 aliphatic heterocycles. The quantitative estimate of drug-likeness (QED) is 0.718. The molecular weight excluding hydrogens is 386 g/mol. The maximum atomic E-state index is 12.8. The van der Waals surface area contributed by atoms with Crippen molar-refractivity contribution in [2.24, 2.45) is 0 Å². The maximum absolute atomic E-state index is 12.8. The number of carbonyl (C=O) groups is 3. The maximum Gasteiger partial charge on any atom is 0.294 e. The fourth-order valence-corrected chi connectivity index (χ4v) is 4.48. The number of rotatable bonds is 4. The highest BCUT2D eigenvalue weighted by Gasteiger charge is 2.37. The zero-order chi connectivity index (χ0) is 20.2. The van der Waals surface area contributed by atoms with Crippen molar-refractivity contribution >= 4 is 34.9 Å². The Morgan fingerprint density at radius 3 is 2.41 bits per heavy atom. The Balaban J connectivity index is 1.50. The fourth-order valence-electron chi connectivity index (χ4n) is 3.66. The smallest absolute Gasteiger partial charge is 0.294 e. The van der Waals surface area contributed by atoms with Crippen LogP contribution in [0.1, 0.15) is 31.4 Å². The van der Waals surface area contributed by atoms with E-state index in [2.05, 4.69) is 0 Å². The first kappa shape index (κ1) is 19.5. The minimum Gasteiger partial charge on any atom is -0.341 e. The molecule has 6 nitrogen and oxygen atoms in total. The van der Waals surface area contributed by atoms with Crippen LogP contribution in [0.3, 0.4) is 0 Å². The van der Waals surface area contributed by atoms with Gasteiger partial charge < -0.3 is 9.47 Å². The highest BCUT2D eigenvalue weighted by molar-refractivity contribution is 8.18. The molecule has 4 rings (SSSR count). The minimum absolute atomic E-state index is 0.150. The van der Waals surface area contributed by atoms with Crippen LogP contribution in [0, 0.1) is 0 Å². The molecule has 2 fully saturated rings. The van der Waals surface area contributed by atoms with Gasteiger partial charge in [-0.05, 0) is 54.9 Å². The zero-order valence-electron chi connectivity index (χ0n) is 16.1. The molecule has 0 saturated carbocycles. The molecule has 0 bridgehead atoms. The van der Waals surface area contributed by atoms with Gasteiger partial charge in [0.05, 0.1) is 4.91 Å². The second-order valence-corrected chi connectivity index (χ2v) is 8.19. The highest BCUT2D eigenvalue weighted by Crippen LogP contribution is 2.32. The van der Waals surface area contributed by atoms with Gasteiger partial charge in [0, 0.05) is 30.7 Å². The van der Waals surface area contributed by atoms with Crippen molar-refractivity contribution in [1.82, 2.24) is 14.4 Å². The van der Waals surface area contributed by atoms with Crippen molar-refractivity contribution < 1.29 is 14.4 Å². The van der Waals surface area contributed by atoms with Gasteiger partial charge in [-0.2, -0.15) is 0 Å². The molecule has 150 valence electrons. The fraction of sp³-hybridized carbons (Fsp3) is 0.318. The lowest BCUT2D eigenvalue weighted by atomic mass is 10.2. The van der Waals surface area contributed by atoms with Crippen LogP contribution >= 0.6 is 11.8 Å². The normalized spacial score (nSPS) is 19.1. The third kappa shape index (κ3) is 4.29. The Labute approximate surface area is 174 Å². The Kier molecular flexibility index (Phi) is 5.85. The van der Waals surface area contributed by atoms with E-state index in [-0.39, 0.29) is 17.7 Å². The van der Waals surface area contributed by atoms with Gasteiger partial charge in [0.1, 0.15) is 6.54 Å². The topological polar surface area (TPSA) is 62.6 Å². The van der Waals surface area contributed by atoms with E-state index in [1.165, 1.54) is 0 Å². The average molecular weight is 410 g/mol. The van der Waals surface area contributed by atoms with Crippen molar-refractivity contribution in [1.29, 1.82) is 0 Å². The summed E-state index contributed by atoms with van der Waals surface area (Å²) in [6.45, 7) is 1.23. The second-order valence-electron chi connectivity index (χ2n) is 7.20. The first-order valence-corrected chi connectivity index (χ1v) is 10.7. The summed E-state index contributed by atoms with van der Waals surface area (Å²) in [5, 5.41) is -0.387. The van der Waals surface area contributed by atoms with Crippen molar-refractivity contribution in [3.63, 3.8) is 0 Å². The number of hydrogen-bond acceptors (Lipinski definition) is 4. The third-order valence-electron chi connectivity index (χ3n) is 5.22. The van der Waals surface area contributed by atoms with Crippen molar-refractivity contribution in [3.8, 4) is 5.69 Å². The molecule has 2 saturated heterocycles. The van der Waals surface area contributed by atoms with Gasteiger partial charge in [0.2, 0.25) is 5.91 Å². The Bertz CT molecular complexity index is 943. The molecule has 0 atom stereocenters. The van der Waals surface area contributed by atoms with Crippen LogP contribution < -0.4 is 0 Å². The van der Waals surface area contributed by atoms with Crippen LogP contribution in [0.2, 0.25) is 0 Å². The number of benzene rings is 1. The average Bonchev–Trinajstić information content (AvgIpc) is 3.16. The largest absolute Gasteiger partial charge is 0.341 e. The van der Waals surface area contributed by atoms with E-state index < -0.39 is 5.91 Å². The Morgan fingerprint density at radius 1 is 0.966 bits per heavy atom. The molecule has 0 spiro atoms. The summed E-state index contributed by atoms with van der Waals surface area (Å²) >= 11 is 0.891. The summed E-state index contributed by atoms with van der Waals surface area (Å²) in [5.74, 6) is -0.549. The highest BCUT2D eigenvalue weighted by atomic mass is 32.2. The molecule has 1 aromatic heterocycles. The van der Waals surface area contributed by atoms with Gasteiger partial charge in [-0.15, -0.1) is 0 Å².